The molecular weight excluding hydrogens is 132 g/mol. The van der Waals surface area contributed by atoms with Crippen LogP contribution in [0.4, 0.5) is 0 Å². The smallest absolute Gasteiger partial charge is 0.0357 e. The molecule has 1 aliphatic carbocycles. The molecule has 68 valence electrons. The first kappa shape index (κ1) is 11.0. The molecule has 0 spiro atoms. The number of hydrogen-bond acceptors (Lipinski definition) is 0. The zero-order valence-electron chi connectivity index (χ0n) is 9.02. The lowest BCUT2D eigenvalue weighted by Crippen LogP contribution is -1.97. The van der Waals surface area contributed by atoms with E-state index in [-0.39, 0.29) is 0 Å². The van der Waals surface area contributed by atoms with Crippen LogP contribution < -0.4 is 0 Å². The van der Waals surface area contributed by atoms with E-state index in [0.717, 1.165) is 23.7 Å². The summed E-state index contributed by atoms with van der Waals surface area (Å²) < 4.78 is 0. The molecule has 0 amide bonds. The van der Waals surface area contributed by atoms with Crippen LogP contribution in [0.5, 0.6) is 0 Å². The second-order valence-electron chi connectivity index (χ2n) is 4.05. The highest BCUT2D eigenvalue weighted by atomic mass is 14.5. The predicted octanol–water partition coefficient (Wildman–Crippen LogP) is 3.96. The molecule has 0 radical (unpaired) electrons. The molecule has 1 fully saturated rings. The fraction of sp³-hybridized carbons (Fsp3) is 1.00. The van der Waals surface area contributed by atoms with E-state index < -0.39 is 0 Å². The van der Waals surface area contributed by atoms with Gasteiger partial charge in [0.2, 0.25) is 0 Å². The van der Waals surface area contributed by atoms with Gasteiger partial charge in [0.05, 0.1) is 0 Å². The third-order valence-corrected chi connectivity index (χ3v) is 2.60. The van der Waals surface area contributed by atoms with Crippen LogP contribution in [0.25, 0.3) is 0 Å². The van der Waals surface area contributed by atoms with Crippen LogP contribution in [0, 0.1) is 23.7 Å². The molecule has 11 heavy (non-hydrogen) atoms. The van der Waals surface area contributed by atoms with Gasteiger partial charge in [0, 0.05) is 0 Å². The minimum atomic E-state index is 0.928. The summed E-state index contributed by atoms with van der Waals surface area (Å²) >= 11 is 0. The van der Waals surface area contributed by atoms with Crippen LogP contribution in [0.2, 0.25) is 0 Å². The van der Waals surface area contributed by atoms with Crippen molar-refractivity contribution in [2.75, 3.05) is 0 Å². The Bertz CT molecular complexity index is 80.2. The van der Waals surface area contributed by atoms with E-state index in [9.17, 15) is 0 Å². The third-order valence-electron chi connectivity index (χ3n) is 2.60. The van der Waals surface area contributed by atoms with Crippen molar-refractivity contribution >= 4 is 0 Å². The molecule has 0 aromatic carbocycles. The molecule has 0 N–H and O–H groups in total. The molecule has 0 nitrogen and oxygen atoms in total. The highest BCUT2D eigenvalue weighted by molar-refractivity contribution is 4.89. The Labute approximate surface area is 72.4 Å². The van der Waals surface area contributed by atoms with Gasteiger partial charge in [-0.1, -0.05) is 41.5 Å². The van der Waals surface area contributed by atoms with E-state index in [0.29, 0.717) is 0 Å². The van der Waals surface area contributed by atoms with Crippen LogP contribution >= 0.6 is 0 Å². The first-order valence-electron chi connectivity index (χ1n) is 5.13. The highest BCUT2D eigenvalue weighted by Gasteiger charge is 2.40. The molecule has 0 aromatic heterocycles. The number of rotatable bonds is 2. The minimum absolute atomic E-state index is 0.928. The Morgan fingerprint density at radius 2 is 1.09 bits per heavy atom. The van der Waals surface area contributed by atoms with Crippen LogP contribution in [0.1, 0.15) is 48.0 Å². The molecule has 0 aliphatic heterocycles. The molecule has 1 rings (SSSR count). The van der Waals surface area contributed by atoms with Crippen molar-refractivity contribution in [3.05, 3.63) is 0 Å². The lowest BCUT2D eigenvalue weighted by molar-refractivity contribution is 0.448. The average molecular weight is 156 g/mol. The first-order chi connectivity index (χ1) is 5.13. The van der Waals surface area contributed by atoms with Gasteiger partial charge in [-0.2, -0.15) is 0 Å². The Kier molecular flexibility index (Phi) is 4.79. The normalized spacial score (nSPS) is 28.4. The molecule has 0 bridgehead atoms. The maximum atomic E-state index is 2.34. The van der Waals surface area contributed by atoms with Crippen LogP contribution in [0.15, 0.2) is 0 Å². The van der Waals surface area contributed by atoms with Gasteiger partial charge >= 0.3 is 0 Å². The van der Waals surface area contributed by atoms with Gasteiger partial charge in [-0.15, -0.1) is 0 Å². The molecule has 0 heteroatoms. The lowest BCUT2D eigenvalue weighted by Gasteiger charge is -2.04. The van der Waals surface area contributed by atoms with Crippen molar-refractivity contribution in [1.29, 1.82) is 0 Å². The molecule has 2 atom stereocenters. The monoisotopic (exact) mass is 156 g/mol. The summed E-state index contributed by atoms with van der Waals surface area (Å²) in [4.78, 5) is 0. The van der Waals surface area contributed by atoms with Crippen molar-refractivity contribution in [2.45, 2.75) is 48.0 Å². The van der Waals surface area contributed by atoms with Gasteiger partial charge in [-0.05, 0) is 30.1 Å². The van der Waals surface area contributed by atoms with E-state index in [2.05, 4.69) is 27.7 Å². The second-order valence-corrected chi connectivity index (χ2v) is 4.05. The zero-order valence-corrected chi connectivity index (χ0v) is 9.02. The molecule has 0 aromatic rings. The minimum Gasteiger partial charge on any atom is -0.0683 e. The fourth-order valence-electron chi connectivity index (χ4n) is 1.77. The standard InChI is InChI=1S/C9H18.C2H6/c1-6(2)8-5-9(8)7(3)4;1-2/h6-9H,5H2,1-4H3;1-2H3/t8-,9-;/m1./s1. The summed E-state index contributed by atoms with van der Waals surface area (Å²) in [6.07, 6.45) is 1.50. The maximum absolute atomic E-state index is 2.34. The molecule has 1 saturated carbocycles. The van der Waals surface area contributed by atoms with E-state index in [1.165, 1.54) is 6.42 Å². The highest BCUT2D eigenvalue weighted by Crippen LogP contribution is 2.48. The summed E-state index contributed by atoms with van der Waals surface area (Å²) in [5.41, 5.74) is 0. The molecular formula is C11H24. The Morgan fingerprint density at radius 3 is 1.18 bits per heavy atom. The van der Waals surface area contributed by atoms with Crippen LogP contribution in [0.3, 0.4) is 0 Å². The lowest BCUT2D eigenvalue weighted by atomic mass is 10.0. The van der Waals surface area contributed by atoms with Crippen molar-refractivity contribution in [2.24, 2.45) is 23.7 Å². The summed E-state index contributed by atoms with van der Waals surface area (Å²) in [6.45, 7) is 13.4. The average Bonchev–Trinajstić information content (AvgIpc) is 2.69. The van der Waals surface area contributed by atoms with E-state index in [4.69, 9.17) is 0 Å². The van der Waals surface area contributed by atoms with Gasteiger partial charge in [-0.3, -0.25) is 0 Å². The van der Waals surface area contributed by atoms with Crippen molar-refractivity contribution in [3.63, 3.8) is 0 Å². The Balaban J connectivity index is 0.000000461. The zero-order chi connectivity index (χ0) is 9.02. The Morgan fingerprint density at radius 1 is 0.818 bits per heavy atom. The van der Waals surface area contributed by atoms with E-state index >= 15 is 0 Å². The molecule has 0 unspecified atom stereocenters. The summed E-state index contributed by atoms with van der Waals surface area (Å²) in [7, 11) is 0. The second kappa shape index (κ2) is 4.79. The molecule has 1 aliphatic rings. The quantitative estimate of drug-likeness (QED) is 0.567. The summed E-state index contributed by atoms with van der Waals surface area (Å²) in [5.74, 6) is 3.98. The first-order valence-corrected chi connectivity index (χ1v) is 5.13. The summed E-state index contributed by atoms with van der Waals surface area (Å²) in [5, 5.41) is 0. The fourth-order valence-corrected chi connectivity index (χ4v) is 1.77. The van der Waals surface area contributed by atoms with Gasteiger partial charge in [0.15, 0.2) is 0 Å². The maximum Gasteiger partial charge on any atom is -0.0357 e. The molecule has 0 heterocycles. The summed E-state index contributed by atoms with van der Waals surface area (Å²) in [6, 6.07) is 0. The van der Waals surface area contributed by atoms with Crippen molar-refractivity contribution < 1.29 is 0 Å². The van der Waals surface area contributed by atoms with Gasteiger partial charge < -0.3 is 0 Å². The van der Waals surface area contributed by atoms with Gasteiger partial charge in [-0.25, -0.2) is 0 Å². The van der Waals surface area contributed by atoms with Crippen molar-refractivity contribution in [1.82, 2.24) is 0 Å². The van der Waals surface area contributed by atoms with Crippen LogP contribution in [-0.2, 0) is 0 Å². The predicted molar refractivity (Wildman–Crippen MR) is 52.6 cm³/mol. The van der Waals surface area contributed by atoms with Crippen LogP contribution in [-0.4, -0.2) is 0 Å². The Hall–Kier alpha value is 0. The largest absolute Gasteiger partial charge is 0.0683 e. The molecule has 0 saturated heterocycles. The van der Waals surface area contributed by atoms with Crippen molar-refractivity contribution in [3.8, 4) is 0 Å². The SMILES string of the molecule is CC.CC(C)[C@H]1C[C@@H]1C(C)C. The van der Waals surface area contributed by atoms with E-state index in [1.807, 2.05) is 13.8 Å². The van der Waals surface area contributed by atoms with Gasteiger partial charge in [0.25, 0.3) is 0 Å². The third kappa shape index (κ3) is 3.27. The van der Waals surface area contributed by atoms with E-state index in [1.54, 1.807) is 0 Å². The topological polar surface area (TPSA) is 0 Å². The van der Waals surface area contributed by atoms with Gasteiger partial charge in [0.1, 0.15) is 0 Å². The number of hydrogen-bond donors (Lipinski definition) is 0.